The molecule has 0 aliphatic carbocycles. The van der Waals surface area contributed by atoms with Gasteiger partial charge < -0.3 is 10.1 Å². The molecule has 0 spiro atoms. The summed E-state index contributed by atoms with van der Waals surface area (Å²) in [5.74, 6) is 0.802. The number of fused-ring (bicyclic) bond motifs is 2. The van der Waals surface area contributed by atoms with Gasteiger partial charge in [-0.05, 0) is 38.0 Å². The standard InChI is InChI=1S/C16H20N2O/c1-4-14-9-17-8-13-7-12-6-10(2)5-11(3)15(12)18-16(13)19-14/h5-7,14,17H,4,8-9H2,1-3H3/t14-/m0/s1. The summed E-state index contributed by atoms with van der Waals surface area (Å²) in [6, 6.07) is 6.58. The van der Waals surface area contributed by atoms with Gasteiger partial charge in [-0.2, -0.15) is 0 Å². The molecule has 1 aliphatic rings. The van der Waals surface area contributed by atoms with Crippen LogP contribution in [-0.2, 0) is 6.54 Å². The molecule has 1 atom stereocenters. The van der Waals surface area contributed by atoms with Crippen molar-refractivity contribution in [2.45, 2.75) is 39.8 Å². The number of benzene rings is 1. The molecule has 1 aliphatic heterocycles. The number of pyridine rings is 1. The number of hydrogen-bond acceptors (Lipinski definition) is 3. The second-order valence-corrected chi connectivity index (χ2v) is 5.39. The zero-order valence-electron chi connectivity index (χ0n) is 11.8. The summed E-state index contributed by atoms with van der Waals surface area (Å²) in [6.07, 6.45) is 1.22. The minimum Gasteiger partial charge on any atom is -0.473 e. The van der Waals surface area contributed by atoms with Crippen LogP contribution in [0.5, 0.6) is 5.88 Å². The van der Waals surface area contributed by atoms with Crippen molar-refractivity contribution < 1.29 is 4.74 Å². The van der Waals surface area contributed by atoms with Crippen LogP contribution in [-0.4, -0.2) is 17.6 Å². The first kappa shape index (κ1) is 12.4. The average molecular weight is 256 g/mol. The molecule has 19 heavy (non-hydrogen) atoms. The number of aromatic nitrogens is 1. The third-order valence-corrected chi connectivity index (χ3v) is 3.71. The van der Waals surface area contributed by atoms with Gasteiger partial charge in [0.25, 0.3) is 0 Å². The van der Waals surface area contributed by atoms with Crippen molar-refractivity contribution in [1.82, 2.24) is 10.3 Å². The van der Waals surface area contributed by atoms with E-state index in [4.69, 9.17) is 9.72 Å². The Labute approximate surface area is 114 Å². The van der Waals surface area contributed by atoms with Crippen LogP contribution in [0.4, 0.5) is 0 Å². The summed E-state index contributed by atoms with van der Waals surface area (Å²) in [7, 11) is 0. The largest absolute Gasteiger partial charge is 0.473 e. The van der Waals surface area contributed by atoms with E-state index in [9.17, 15) is 0 Å². The lowest BCUT2D eigenvalue weighted by molar-refractivity contribution is 0.195. The predicted molar refractivity (Wildman–Crippen MR) is 77.6 cm³/mol. The maximum Gasteiger partial charge on any atom is 0.218 e. The number of ether oxygens (including phenoxy) is 1. The SMILES string of the molecule is CC[C@H]1CNCc2cc3cc(C)cc(C)c3nc2O1. The van der Waals surface area contributed by atoms with E-state index in [1.54, 1.807) is 0 Å². The Balaban J connectivity index is 2.15. The Bertz CT molecular complexity index is 622. The fourth-order valence-corrected chi connectivity index (χ4v) is 2.70. The third-order valence-electron chi connectivity index (χ3n) is 3.71. The van der Waals surface area contributed by atoms with Crippen molar-refractivity contribution in [2.75, 3.05) is 6.54 Å². The molecule has 2 heterocycles. The summed E-state index contributed by atoms with van der Waals surface area (Å²) in [5.41, 5.74) is 4.71. The van der Waals surface area contributed by atoms with Crippen LogP contribution >= 0.6 is 0 Å². The summed E-state index contributed by atoms with van der Waals surface area (Å²) in [4.78, 5) is 4.75. The lowest BCUT2D eigenvalue weighted by atomic mass is 10.1. The van der Waals surface area contributed by atoms with E-state index in [-0.39, 0.29) is 6.10 Å². The molecule has 0 bridgehead atoms. The highest BCUT2D eigenvalue weighted by atomic mass is 16.5. The summed E-state index contributed by atoms with van der Waals surface area (Å²) in [5, 5.41) is 4.64. The molecule has 0 saturated heterocycles. The first-order chi connectivity index (χ1) is 9.17. The third kappa shape index (κ3) is 2.30. The Morgan fingerprint density at radius 1 is 1.32 bits per heavy atom. The Hall–Kier alpha value is -1.61. The van der Waals surface area contributed by atoms with Crippen molar-refractivity contribution in [3.63, 3.8) is 0 Å². The number of nitrogens with one attached hydrogen (secondary N) is 1. The molecule has 0 fully saturated rings. The van der Waals surface area contributed by atoms with Crippen molar-refractivity contribution in [1.29, 1.82) is 0 Å². The molecule has 1 aromatic carbocycles. The summed E-state index contributed by atoms with van der Waals surface area (Å²) >= 11 is 0. The fourth-order valence-electron chi connectivity index (χ4n) is 2.70. The summed E-state index contributed by atoms with van der Waals surface area (Å²) < 4.78 is 6.03. The zero-order chi connectivity index (χ0) is 13.4. The second kappa shape index (κ2) is 4.82. The van der Waals surface area contributed by atoms with Gasteiger partial charge >= 0.3 is 0 Å². The molecule has 2 aromatic rings. The fraction of sp³-hybridized carbons (Fsp3) is 0.438. The van der Waals surface area contributed by atoms with E-state index >= 15 is 0 Å². The average Bonchev–Trinajstić information content (AvgIpc) is 2.57. The molecule has 0 unspecified atom stereocenters. The molecule has 0 saturated carbocycles. The van der Waals surface area contributed by atoms with Crippen LogP contribution < -0.4 is 10.1 Å². The molecule has 0 radical (unpaired) electrons. The minimum atomic E-state index is 0.219. The lowest BCUT2D eigenvalue weighted by Crippen LogP contribution is -2.27. The van der Waals surface area contributed by atoms with E-state index in [1.807, 2.05) is 0 Å². The molecular weight excluding hydrogens is 236 g/mol. The van der Waals surface area contributed by atoms with Crippen LogP contribution in [0.25, 0.3) is 10.9 Å². The molecule has 3 heteroatoms. The van der Waals surface area contributed by atoms with Gasteiger partial charge in [0.2, 0.25) is 5.88 Å². The maximum atomic E-state index is 6.03. The van der Waals surface area contributed by atoms with Gasteiger partial charge in [0.05, 0.1) is 5.52 Å². The Kier molecular flexibility index (Phi) is 3.15. The highest BCUT2D eigenvalue weighted by molar-refractivity contribution is 5.84. The number of aryl methyl sites for hydroxylation is 2. The minimum absolute atomic E-state index is 0.219. The number of hydrogen-bond donors (Lipinski definition) is 1. The van der Waals surface area contributed by atoms with Gasteiger partial charge in [0, 0.05) is 24.0 Å². The van der Waals surface area contributed by atoms with Gasteiger partial charge in [-0.3, -0.25) is 0 Å². The van der Waals surface area contributed by atoms with E-state index < -0.39 is 0 Å². The first-order valence-corrected chi connectivity index (χ1v) is 6.95. The molecule has 0 amide bonds. The highest BCUT2D eigenvalue weighted by Gasteiger charge is 2.18. The Morgan fingerprint density at radius 3 is 2.95 bits per heavy atom. The van der Waals surface area contributed by atoms with E-state index in [0.29, 0.717) is 0 Å². The van der Waals surface area contributed by atoms with Crippen molar-refractivity contribution >= 4 is 10.9 Å². The van der Waals surface area contributed by atoms with E-state index in [0.717, 1.165) is 36.5 Å². The van der Waals surface area contributed by atoms with E-state index in [2.05, 4.69) is 44.3 Å². The van der Waals surface area contributed by atoms with E-state index in [1.165, 1.54) is 16.5 Å². The number of nitrogens with zero attached hydrogens (tertiary/aromatic N) is 1. The van der Waals surface area contributed by atoms with Crippen molar-refractivity contribution in [2.24, 2.45) is 0 Å². The van der Waals surface area contributed by atoms with Gasteiger partial charge in [0.1, 0.15) is 6.10 Å². The van der Waals surface area contributed by atoms with Crippen LogP contribution in [0.2, 0.25) is 0 Å². The van der Waals surface area contributed by atoms with Gasteiger partial charge in [-0.15, -0.1) is 0 Å². The normalized spacial score (nSPS) is 18.8. The maximum absolute atomic E-state index is 6.03. The van der Waals surface area contributed by atoms with Crippen LogP contribution in [0, 0.1) is 13.8 Å². The van der Waals surface area contributed by atoms with Gasteiger partial charge in [-0.1, -0.05) is 18.6 Å². The molecule has 3 nitrogen and oxygen atoms in total. The smallest absolute Gasteiger partial charge is 0.218 e. The van der Waals surface area contributed by atoms with Crippen LogP contribution in [0.1, 0.15) is 30.0 Å². The topological polar surface area (TPSA) is 34.2 Å². The second-order valence-electron chi connectivity index (χ2n) is 5.39. The zero-order valence-corrected chi connectivity index (χ0v) is 11.8. The Morgan fingerprint density at radius 2 is 2.16 bits per heavy atom. The summed E-state index contributed by atoms with van der Waals surface area (Å²) in [6.45, 7) is 8.11. The van der Waals surface area contributed by atoms with Crippen molar-refractivity contribution in [3.05, 3.63) is 34.9 Å². The highest BCUT2D eigenvalue weighted by Crippen LogP contribution is 2.27. The van der Waals surface area contributed by atoms with Crippen LogP contribution in [0.3, 0.4) is 0 Å². The first-order valence-electron chi connectivity index (χ1n) is 6.95. The van der Waals surface area contributed by atoms with Crippen molar-refractivity contribution in [3.8, 4) is 5.88 Å². The monoisotopic (exact) mass is 256 g/mol. The molecule has 100 valence electrons. The van der Waals surface area contributed by atoms with Crippen LogP contribution in [0.15, 0.2) is 18.2 Å². The van der Waals surface area contributed by atoms with Gasteiger partial charge in [0.15, 0.2) is 0 Å². The molecular formula is C16H20N2O. The molecule has 3 rings (SSSR count). The molecule has 1 aromatic heterocycles. The van der Waals surface area contributed by atoms with Gasteiger partial charge in [-0.25, -0.2) is 4.98 Å². The quantitative estimate of drug-likeness (QED) is 0.851. The molecule has 1 N–H and O–H groups in total. The predicted octanol–water partition coefficient (Wildman–Crippen LogP) is 3.11. The lowest BCUT2D eigenvalue weighted by Gasteiger charge is -2.15. The number of rotatable bonds is 1.